The average molecular weight is 246 g/mol. The lowest BCUT2D eigenvalue weighted by molar-refractivity contribution is 0.252. The van der Waals surface area contributed by atoms with Crippen LogP contribution in [0.15, 0.2) is 24.3 Å². The summed E-state index contributed by atoms with van der Waals surface area (Å²) in [5.41, 5.74) is 8.59. The summed E-state index contributed by atoms with van der Waals surface area (Å²) in [6.45, 7) is 5.21. The van der Waals surface area contributed by atoms with Crippen molar-refractivity contribution in [1.29, 1.82) is 0 Å². The fourth-order valence-electron chi connectivity index (χ4n) is 2.98. The van der Waals surface area contributed by atoms with Gasteiger partial charge in [0.15, 0.2) is 0 Å². The molecule has 1 fully saturated rings. The summed E-state index contributed by atoms with van der Waals surface area (Å²) in [6, 6.07) is 9.85. The van der Waals surface area contributed by atoms with Gasteiger partial charge in [0.2, 0.25) is 0 Å². The van der Waals surface area contributed by atoms with Crippen LogP contribution in [0.2, 0.25) is 0 Å². The average Bonchev–Trinajstić information content (AvgIpc) is 2.40. The second-order valence-corrected chi connectivity index (χ2v) is 5.69. The van der Waals surface area contributed by atoms with Crippen LogP contribution in [-0.2, 0) is 0 Å². The summed E-state index contributed by atoms with van der Waals surface area (Å²) < 4.78 is 0. The standard InChI is InChI=1S/C16H26N2/c1-12-7-9-14(10-8-12)13(2)18-16-6-4-3-5-15(16)11-17/h7-10,13,15-16,18H,3-6,11,17H2,1-2H3/t13-,15?,16?/m1/s1. The van der Waals surface area contributed by atoms with Gasteiger partial charge in [-0.1, -0.05) is 42.7 Å². The maximum Gasteiger partial charge on any atom is 0.0294 e. The molecule has 1 aliphatic carbocycles. The molecule has 2 rings (SSSR count). The van der Waals surface area contributed by atoms with Crippen LogP contribution in [0.3, 0.4) is 0 Å². The Morgan fingerprint density at radius 3 is 2.56 bits per heavy atom. The molecule has 3 N–H and O–H groups in total. The molecule has 0 aliphatic heterocycles. The van der Waals surface area contributed by atoms with Crippen LogP contribution in [0.5, 0.6) is 0 Å². The predicted molar refractivity (Wildman–Crippen MR) is 77.5 cm³/mol. The van der Waals surface area contributed by atoms with Gasteiger partial charge in [0.1, 0.15) is 0 Å². The van der Waals surface area contributed by atoms with E-state index in [2.05, 4.69) is 43.4 Å². The van der Waals surface area contributed by atoms with Gasteiger partial charge in [0, 0.05) is 12.1 Å². The van der Waals surface area contributed by atoms with Crippen molar-refractivity contribution in [1.82, 2.24) is 5.32 Å². The minimum absolute atomic E-state index is 0.419. The van der Waals surface area contributed by atoms with Gasteiger partial charge in [-0.25, -0.2) is 0 Å². The van der Waals surface area contributed by atoms with Gasteiger partial charge in [-0.3, -0.25) is 0 Å². The molecule has 0 spiro atoms. The van der Waals surface area contributed by atoms with Crippen LogP contribution < -0.4 is 11.1 Å². The number of nitrogens with one attached hydrogen (secondary N) is 1. The molecule has 1 saturated carbocycles. The molecule has 1 aromatic carbocycles. The minimum Gasteiger partial charge on any atom is -0.330 e. The molecule has 2 nitrogen and oxygen atoms in total. The number of hydrogen-bond acceptors (Lipinski definition) is 2. The monoisotopic (exact) mass is 246 g/mol. The molecule has 0 saturated heterocycles. The molecule has 1 aromatic rings. The van der Waals surface area contributed by atoms with Crippen molar-refractivity contribution in [3.8, 4) is 0 Å². The SMILES string of the molecule is Cc1ccc([C@@H](C)NC2CCCCC2CN)cc1. The molecule has 1 aliphatic rings. The largest absolute Gasteiger partial charge is 0.330 e. The number of rotatable bonds is 4. The van der Waals surface area contributed by atoms with E-state index in [0.717, 1.165) is 6.54 Å². The van der Waals surface area contributed by atoms with Gasteiger partial charge in [0.25, 0.3) is 0 Å². The maximum atomic E-state index is 5.89. The van der Waals surface area contributed by atoms with E-state index in [4.69, 9.17) is 5.73 Å². The quantitative estimate of drug-likeness (QED) is 0.856. The Morgan fingerprint density at radius 1 is 1.22 bits per heavy atom. The minimum atomic E-state index is 0.419. The predicted octanol–water partition coefficient (Wildman–Crippen LogP) is 3.16. The van der Waals surface area contributed by atoms with Crippen molar-refractivity contribution >= 4 is 0 Å². The lowest BCUT2D eigenvalue weighted by Crippen LogP contribution is -2.42. The van der Waals surface area contributed by atoms with Crippen molar-refractivity contribution in [2.24, 2.45) is 11.7 Å². The summed E-state index contributed by atoms with van der Waals surface area (Å²) in [4.78, 5) is 0. The molecule has 0 aromatic heterocycles. The molecule has 18 heavy (non-hydrogen) atoms. The Morgan fingerprint density at radius 2 is 1.89 bits per heavy atom. The van der Waals surface area contributed by atoms with E-state index in [1.54, 1.807) is 0 Å². The van der Waals surface area contributed by atoms with Gasteiger partial charge in [0.05, 0.1) is 0 Å². The Labute approximate surface area is 111 Å². The van der Waals surface area contributed by atoms with Crippen LogP contribution in [-0.4, -0.2) is 12.6 Å². The molecular weight excluding hydrogens is 220 g/mol. The van der Waals surface area contributed by atoms with Crippen LogP contribution in [0.1, 0.15) is 49.8 Å². The first-order valence-corrected chi connectivity index (χ1v) is 7.23. The number of benzene rings is 1. The second kappa shape index (κ2) is 6.35. The zero-order valence-electron chi connectivity index (χ0n) is 11.7. The highest BCUT2D eigenvalue weighted by Gasteiger charge is 2.25. The number of nitrogens with two attached hydrogens (primary N) is 1. The zero-order chi connectivity index (χ0) is 13.0. The fraction of sp³-hybridized carbons (Fsp3) is 0.625. The van der Waals surface area contributed by atoms with Crippen molar-refractivity contribution in [2.45, 2.75) is 51.6 Å². The first-order valence-electron chi connectivity index (χ1n) is 7.23. The number of aryl methyl sites for hydroxylation is 1. The first-order chi connectivity index (χ1) is 8.70. The van der Waals surface area contributed by atoms with Crippen LogP contribution in [0, 0.1) is 12.8 Å². The number of hydrogen-bond donors (Lipinski definition) is 2. The lowest BCUT2D eigenvalue weighted by Gasteiger charge is -2.34. The van der Waals surface area contributed by atoms with E-state index in [1.807, 2.05) is 0 Å². The normalized spacial score (nSPS) is 25.9. The van der Waals surface area contributed by atoms with E-state index in [-0.39, 0.29) is 0 Å². The highest BCUT2D eigenvalue weighted by Crippen LogP contribution is 2.26. The molecule has 0 amide bonds. The molecule has 3 atom stereocenters. The zero-order valence-corrected chi connectivity index (χ0v) is 11.7. The third-order valence-electron chi connectivity index (χ3n) is 4.25. The van der Waals surface area contributed by atoms with E-state index < -0.39 is 0 Å². The smallest absolute Gasteiger partial charge is 0.0294 e. The topological polar surface area (TPSA) is 38.0 Å². The van der Waals surface area contributed by atoms with E-state index >= 15 is 0 Å². The molecule has 100 valence electrons. The van der Waals surface area contributed by atoms with Crippen LogP contribution in [0.25, 0.3) is 0 Å². The third-order valence-corrected chi connectivity index (χ3v) is 4.25. The summed E-state index contributed by atoms with van der Waals surface area (Å²) in [7, 11) is 0. The van der Waals surface area contributed by atoms with E-state index in [0.29, 0.717) is 18.0 Å². The van der Waals surface area contributed by atoms with Gasteiger partial charge in [-0.05, 0) is 44.7 Å². The maximum absolute atomic E-state index is 5.89. The molecule has 2 heteroatoms. The Bertz CT molecular complexity index is 358. The molecule has 0 heterocycles. The van der Waals surface area contributed by atoms with E-state index in [1.165, 1.54) is 36.8 Å². The second-order valence-electron chi connectivity index (χ2n) is 5.69. The molecule has 0 bridgehead atoms. The van der Waals surface area contributed by atoms with Crippen molar-refractivity contribution in [3.05, 3.63) is 35.4 Å². The van der Waals surface area contributed by atoms with Gasteiger partial charge >= 0.3 is 0 Å². The third kappa shape index (κ3) is 3.33. The Balaban J connectivity index is 1.97. The van der Waals surface area contributed by atoms with Crippen molar-refractivity contribution in [3.63, 3.8) is 0 Å². The summed E-state index contributed by atoms with van der Waals surface area (Å²) in [5.74, 6) is 0.659. The van der Waals surface area contributed by atoms with Gasteiger partial charge in [-0.2, -0.15) is 0 Å². The highest BCUT2D eigenvalue weighted by molar-refractivity contribution is 5.23. The van der Waals surface area contributed by atoms with Crippen molar-refractivity contribution in [2.75, 3.05) is 6.54 Å². The molecular formula is C16H26N2. The molecule has 2 unspecified atom stereocenters. The van der Waals surface area contributed by atoms with Gasteiger partial charge < -0.3 is 11.1 Å². The van der Waals surface area contributed by atoms with Gasteiger partial charge in [-0.15, -0.1) is 0 Å². The summed E-state index contributed by atoms with van der Waals surface area (Å²) >= 11 is 0. The highest BCUT2D eigenvalue weighted by atomic mass is 15.0. The summed E-state index contributed by atoms with van der Waals surface area (Å²) in [6.07, 6.45) is 5.25. The van der Waals surface area contributed by atoms with Crippen LogP contribution in [0.4, 0.5) is 0 Å². The fourth-order valence-corrected chi connectivity index (χ4v) is 2.98. The van der Waals surface area contributed by atoms with Crippen LogP contribution >= 0.6 is 0 Å². The lowest BCUT2D eigenvalue weighted by atomic mass is 9.84. The van der Waals surface area contributed by atoms with Crippen molar-refractivity contribution < 1.29 is 0 Å². The first kappa shape index (κ1) is 13.6. The Hall–Kier alpha value is -0.860. The Kier molecular flexibility index (Phi) is 4.79. The molecule has 0 radical (unpaired) electrons. The summed E-state index contributed by atoms with van der Waals surface area (Å²) in [5, 5.41) is 3.78. The van der Waals surface area contributed by atoms with E-state index in [9.17, 15) is 0 Å².